The number of benzene rings is 9. The van der Waals surface area contributed by atoms with E-state index in [0.29, 0.717) is 5.82 Å². The molecule has 10 aromatic rings. The summed E-state index contributed by atoms with van der Waals surface area (Å²) in [6, 6.07) is 71.0. The molecule has 62 heavy (non-hydrogen) atoms. The van der Waals surface area contributed by atoms with Crippen molar-refractivity contribution in [1.29, 1.82) is 0 Å². The highest BCUT2D eigenvalue weighted by Gasteiger charge is 2.38. The molecule has 0 unspecified atom stereocenters. The van der Waals surface area contributed by atoms with Crippen molar-refractivity contribution in [2.45, 2.75) is 38.5 Å². The molecular formula is C60H44N2. The highest BCUT2D eigenvalue weighted by Crippen LogP contribution is 2.55. The lowest BCUT2D eigenvalue weighted by atomic mass is 9.80. The summed E-state index contributed by atoms with van der Waals surface area (Å²) in [6.07, 6.45) is 0. The smallest absolute Gasteiger partial charge is 0.160 e. The molecule has 0 bridgehead atoms. The van der Waals surface area contributed by atoms with Gasteiger partial charge in [-0.05, 0) is 119 Å². The predicted octanol–water partition coefficient (Wildman–Crippen LogP) is 15.7. The van der Waals surface area contributed by atoms with E-state index in [4.69, 9.17) is 9.97 Å². The van der Waals surface area contributed by atoms with E-state index in [1.165, 1.54) is 82.7 Å². The summed E-state index contributed by atoms with van der Waals surface area (Å²) in [5.41, 5.74) is 20.2. The Balaban J connectivity index is 1.04. The molecule has 0 saturated carbocycles. The zero-order valence-electron chi connectivity index (χ0n) is 35.4. The largest absolute Gasteiger partial charge is 0.228 e. The van der Waals surface area contributed by atoms with E-state index in [1.54, 1.807) is 0 Å². The Kier molecular flexibility index (Phi) is 7.96. The van der Waals surface area contributed by atoms with E-state index < -0.39 is 0 Å². The minimum atomic E-state index is -0.142. The third-order valence-corrected chi connectivity index (χ3v) is 13.9. The summed E-state index contributed by atoms with van der Waals surface area (Å²) in [5.74, 6) is 0.706. The van der Waals surface area contributed by atoms with Gasteiger partial charge < -0.3 is 0 Å². The number of hydrogen-bond donors (Lipinski definition) is 0. The van der Waals surface area contributed by atoms with Crippen molar-refractivity contribution in [3.05, 3.63) is 216 Å². The first kappa shape index (κ1) is 36.4. The molecule has 9 aromatic carbocycles. The fourth-order valence-corrected chi connectivity index (χ4v) is 10.7. The highest BCUT2D eigenvalue weighted by atomic mass is 14.9. The van der Waals surface area contributed by atoms with Crippen molar-refractivity contribution in [2.24, 2.45) is 0 Å². The maximum Gasteiger partial charge on any atom is 0.160 e. The molecule has 2 heteroatoms. The lowest BCUT2D eigenvalue weighted by Crippen LogP contribution is -2.15. The van der Waals surface area contributed by atoms with Crippen LogP contribution in [0.5, 0.6) is 0 Å². The first-order valence-electron chi connectivity index (χ1n) is 21.7. The van der Waals surface area contributed by atoms with E-state index in [2.05, 4.69) is 216 Å². The third-order valence-electron chi connectivity index (χ3n) is 13.9. The highest BCUT2D eigenvalue weighted by molar-refractivity contribution is 6.09. The summed E-state index contributed by atoms with van der Waals surface area (Å²) in [6.45, 7) is 9.46. The van der Waals surface area contributed by atoms with Crippen LogP contribution in [0, 0.1) is 0 Å². The molecule has 2 aliphatic rings. The quantitative estimate of drug-likeness (QED) is 0.173. The minimum absolute atomic E-state index is 0.119. The Bertz CT molecular complexity index is 3460. The Morgan fingerprint density at radius 3 is 1.71 bits per heavy atom. The van der Waals surface area contributed by atoms with Crippen LogP contribution < -0.4 is 0 Å². The second-order valence-corrected chi connectivity index (χ2v) is 18.1. The molecule has 0 spiro atoms. The van der Waals surface area contributed by atoms with E-state index >= 15 is 0 Å². The average molecular weight is 793 g/mol. The molecule has 0 atom stereocenters. The number of nitrogens with zero attached hydrogens (tertiary/aromatic N) is 2. The maximum atomic E-state index is 5.38. The molecule has 12 rings (SSSR count). The van der Waals surface area contributed by atoms with Gasteiger partial charge in [0.2, 0.25) is 0 Å². The Morgan fingerprint density at radius 1 is 0.306 bits per heavy atom. The molecule has 0 amide bonds. The molecule has 0 N–H and O–H groups in total. The SMILES string of the molecule is CC1(C)c2cc3ccccc3cc2-c2c(-c3ccccc3-c3cc(-c4cccc(-c5cc6c(c7ccccc57)-c5ccccc5C6(C)C)c4)nc(-c4ccccc4)n3)cccc21. The van der Waals surface area contributed by atoms with Crippen molar-refractivity contribution in [2.75, 3.05) is 0 Å². The van der Waals surface area contributed by atoms with E-state index in [-0.39, 0.29) is 10.8 Å². The van der Waals surface area contributed by atoms with Crippen LogP contribution in [0.2, 0.25) is 0 Å². The summed E-state index contributed by atoms with van der Waals surface area (Å²) >= 11 is 0. The summed E-state index contributed by atoms with van der Waals surface area (Å²) in [5, 5.41) is 5.09. The fraction of sp³-hybridized carbons (Fsp3) is 0.100. The van der Waals surface area contributed by atoms with Crippen LogP contribution in [-0.4, -0.2) is 9.97 Å². The molecule has 2 aliphatic carbocycles. The van der Waals surface area contributed by atoms with Gasteiger partial charge in [-0.1, -0.05) is 191 Å². The van der Waals surface area contributed by atoms with Crippen molar-refractivity contribution in [3.8, 4) is 78.4 Å². The summed E-state index contributed by atoms with van der Waals surface area (Å²) in [4.78, 5) is 10.7. The second-order valence-electron chi connectivity index (χ2n) is 18.1. The third kappa shape index (κ3) is 5.43. The van der Waals surface area contributed by atoms with Crippen LogP contribution in [0.15, 0.2) is 194 Å². The van der Waals surface area contributed by atoms with Gasteiger partial charge in [0.05, 0.1) is 11.4 Å². The van der Waals surface area contributed by atoms with Crippen LogP contribution in [0.1, 0.15) is 49.9 Å². The molecule has 0 fully saturated rings. The molecule has 2 nitrogen and oxygen atoms in total. The van der Waals surface area contributed by atoms with Crippen LogP contribution in [0.25, 0.3) is 100.0 Å². The number of rotatable bonds is 5. The first-order chi connectivity index (χ1) is 30.3. The average Bonchev–Trinajstić information content (AvgIpc) is 3.69. The van der Waals surface area contributed by atoms with Crippen LogP contribution >= 0.6 is 0 Å². The molecule has 1 heterocycles. The van der Waals surface area contributed by atoms with Crippen molar-refractivity contribution < 1.29 is 0 Å². The van der Waals surface area contributed by atoms with Gasteiger partial charge in [-0.25, -0.2) is 9.97 Å². The van der Waals surface area contributed by atoms with Crippen LogP contribution in [0.3, 0.4) is 0 Å². The Hall–Kier alpha value is -7.42. The monoisotopic (exact) mass is 792 g/mol. The van der Waals surface area contributed by atoms with Crippen molar-refractivity contribution in [1.82, 2.24) is 9.97 Å². The molecular weight excluding hydrogens is 749 g/mol. The number of hydrogen-bond acceptors (Lipinski definition) is 2. The molecule has 0 radical (unpaired) electrons. The summed E-state index contributed by atoms with van der Waals surface area (Å²) < 4.78 is 0. The van der Waals surface area contributed by atoms with Gasteiger partial charge in [0.1, 0.15) is 0 Å². The van der Waals surface area contributed by atoms with E-state index in [9.17, 15) is 0 Å². The van der Waals surface area contributed by atoms with Gasteiger partial charge in [-0.15, -0.1) is 0 Å². The molecule has 0 saturated heterocycles. The van der Waals surface area contributed by atoms with Gasteiger partial charge in [-0.2, -0.15) is 0 Å². The molecule has 0 aliphatic heterocycles. The maximum absolute atomic E-state index is 5.38. The van der Waals surface area contributed by atoms with Crippen molar-refractivity contribution in [3.63, 3.8) is 0 Å². The first-order valence-corrected chi connectivity index (χ1v) is 21.7. The van der Waals surface area contributed by atoms with Crippen molar-refractivity contribution >= 4 is 21.5 Å². The zero-order chi connectivity index (χ0) is 41.7. The standard InChI is InChI=1S/C60H44N2/c1-59(2)50-30-15-14-28-47(50)56-45-27-13-11-25-43(45)48(35-53(56)59)40-22-16-23-41(32-40)54-36-55(62-58(61-54)37-18-6-5-7-19-37)44-26-12-10-24-42(44)46-29-17-31-51-57(46)49-33-38-20-8-9-21-39(38)34-52(49)60(51,3)4/h5-36H,1-4H3. The molecule has 1 aromatic heterocycles. The van der Waals surface area contributed by atoms with Gasteiger partial charge in [0.25, 0.3) is 0 Å². The second kappa shape index (κ2) is 13.5. The van der Waals surface area contributed by atoms with Crippen LogP contribution in [-0.2, 0) is 10.8 Å². The lowest BCUT2D eigenvalue weighted by molar-refractivity contribution is 0.661. The predicted molar refractivity (Wildman–Crippen MR) is 259 cm³/mol. The Morgan fingerprint density at radius 2 is 0.887 bits per heavy atom. The number of aromatic nitrogens is 2. The summed E-state index contributed by atoms with van der Waals surface area (Å²) in [7, 11) is 0. The lowest BCUT2D eigenvalue weighted by Gasteiger charge is -2.23. The minimum Gasteiger partial charge on any atom is -0.228 e. The zero-order valence-corrected chi connectivity index (χ0v) is 35.4. The van der Waals surface area contributed by atoms with Gasteiger partial charge >= 0.3 is 0 Å². The number of fused-ring (bicyclic) bond motifs is 9. The Labute approximate surface area is 363 Å². The van der Waals surface area contributed by atoms with Gasteiger partial charge in [-0.3, -0.25) is 0 Å². The fourth-order valence-electron chi connectivity index (χ4n) is 10.7. The topological polar surface area (TPSA) is 25.8 Å². The van der Waals surface area contributed by atoms with Crippen LogP contribution in [0.4, 0.5) is 0 Å². The van der Waals surface area contributed by atoms with Gasteiger partial charge in [0, 0.05) is 27.5 Å². The normalized spacial score (nSPS) is 14.1. The van der Waals surface area contributed by atoms with E-state index in [1.807, 2.05) is 6.07 Å². The van der Waals surface area contributed by atoms with E-state index in [0.717, 1.165) is 33.6 Å². The van der Waals surface area contributed by atoms with Gasteiger partial charge in [0.15, 0.2) is 5.82 Å². The molecule has 294 valence electrons.